The number of hydrogen-bond donors (Lipinski definition) is 2. The number of ether oxygens (including phenoxy) is 1. The van der Waals surface area contributed by atoms with Gasteiger partial charge in [-0.3, -0.25) is 4.68 Å². The number of guanidine groups is 1. The van der Waals surface area contributed by atoms with E-state index in [1.165, 1.54) is 11.1 Å². The van der Waals surface area contributed by atoms with Crippen LogP contribution in [0.15, 0.2) is 70.5 Å². The van der Waals surface area contributed by atoms with Crippen LogP contribution in [0, 0.1) is 0 Å². The Bertz CT molecular complexity index is 906. The highest BCUT2D eigenvalue weighted by Crippen LogP contribution is 2.12. The number of benzene rings is 1. The summed E-state index contributed by atoms with van der Waals surface area (Å²) < 4.78 is 13.1. The Balaban J connectivity index is 0.00000272. The van der Waals surface area contributed by atoms with Gasteiger partial charge >= 0.3 is 0 Å². The summed E-state index contributed by atoms with van der Waals surface area (Å²) in [6.07, 6.45) is 8.78. The van der Waals surface area contributed by atoms with Crippen molar-refractivity contribution in [2.45, 2.75) is 38.5 Å². The summed E-state index contributed by atoms with van der Waals surface area (Å²) in [6.45, 7) is 3.70. The maximum Gasteiger partial charge on any atom is 0.191 e. The molecule has 2 N–H and O–H groups in total. The minimum absolute atomic E-state index is 0. The Morgan fingerprint density at radius 2 is 2.03 bits per heavy atom. The van der Waals surface area contributed by atoms with E-state index in [0.717, 1.165) is 57.2 Å². The lowest BCUT2D eigenvalue weighted by Crippen LogP contribution is -2.41. The van der Waals surface area contributed by atoms with Crippen LogP contribution in [0.2, 0.25) is 0 Å². The van der Waals surface area contributed by atoms with Crippen molar-refractivity contribution in [3.63, 3.8) is 0 Å². The quantitative estimate of drug-likeness (QED) is 0.249. The molecule has 1 aliphatic rings. The van der Waals surface area contributed by atoms with Crippen molar-refractivity contribution < 1.29 is 9.15 Å². The average Bonchev–Trinajstić information content (AvgIpc) is 3.55. The van der Waals surface area contributed by atoms with Crippen molar-refractivity contribution in [2.75, 3.05) is 19.7 Å². The van der Waals surface area contributed by atoms with Crippen LogP contribution in [0.1, 0.15) is 29.7 Å². The molecule has 1 aliphatic heterocycles. The number of nitrogens with one attached hydrogen (secondary N) is 2. The van der Waals surface area contributed by atoms with Gasteiger partial charge < -0.3 is 19.8 Å². The summed E-state index contributed by atoms with van der Waals surface area (Å²) in [5, 5.41) is 11.2. The van der Waals surface area contributed by atoms with Gasteiger partial charge in [-0.15, -0.1) is 24.0 Å². The van der Waals surface area contributed by atoms with E-state index in [-0.39, 0.29) is 30.1 Å². The average molecular weight is 535 g/mol. The van der Waals surface area contributed by atoms with E-state index < -0.39 is 0 Å². The van der Waals surface area contributed by atoms with Gasteiger partial charge in [-0.1, -0.05) is 24.3 Å². The highest BCUT2D eigenvalue weighted by atomic mass is 127. The summed E-state index contributed by atoms with van der Waals surface area (Å²) in [7, 11) is 0. The zero-order valence-corrected chi connectivity index (χ0v) is 19.9. The number of furan rings is 1. The summed E-state index contributed by atoms with van der Waals surface area (Å²) in [4.78, 5) is 4.84. The maximum absolute atomic E-state index is 5.74. The number of halogens is 1. The van der Waals surface area contributed by atoms with Crippen molar-refractivity contribution in [2.24, 2.45) is 4.99 Å². The second-order valence-corrected chi connectivity index (χ2v) is 7.41. The molecule has 1 aromatic carbocycles. The Morgan fingerprint density at radius 3 is 2.77 bits per heavy atom. The highest BCUT2D eigenvalue weighted by molar-refractivity contribution is 14.0. The second-order valence-electron chi connectivity index (χ2n) is 7.41. The van der Waals surface area contributed by atoms with Crippen LogP contribution in [0.3, 0.4) is 0 Å². The smallest absolute Gasteiger partial charge is 0.191 e. The fraction of sp³-hybridized carbons (Fsp3) is 0.391. The Labute approximate surface area is 200 Å². The van der Waals surface area contributed by atoms with E-state index in [1.54, 1.807) is 12.5 Å². The lowest BCUT2D eigenvalue weighted by Gasteiger charge is -2.16. The molecule has 1 fully saturated rings. The van der Waals surface area contributed by atoms with Crippen molar-refractivity contribution in [3.05, 3.63) is 78.0 Å². The molecule has 0 spiro atoms. The topological polar surface area (TPSA) is 76.6 Å². The van der Waals surface area contributed by atoms with Gasteiger partial charge in [0.15, 0.2) is 5.96 Å². The third-order valence-electron chi connectivity index (χ3n) is 5.18. The predicted molar refractivity (Wildman–Crippen MR) is 132 cm³/mol. The zero-order valence-electron chi connectivity index (χ0n) is 17.6. The second kappa shape index (κ2) is 12.5. The molecule has 0 amide bonds. The normalized spacial score (nSPS) is 16.1. The minimum Gasteiger partial charge on any atom is -0.469 e. The molecule has 1 saturated heterocycles. The molecule has 0 saturated carbocycles. The molecule has 0 radical (unpaired) electrons. The summed E-state index contributed by atoms with van der Waals surface area (Å²) >= 11 is 0. The van der Waals surface area contributed by atoms with Crippen molar-refractivity contribution >= 4 is 29.9 Å². The molecular formula is C23H30IN5O2. The molecule has 1 atom stereocenters. The number of nitrogens with zero attached hydrogens (tertiary/aromatic N) is 3. The molecule has 31 heavy (non-hydrogen) atoms. The summed E-state index contributed by atoms with van der Waals surface area (Å²) in [6, 6.07) is 14.2. The molecule has 0 aliphatic carbocycles. The first-order valence-electron chi connectivity index (χ1n) is 10.6. The summed E-state index contributed by atoms with van der Waals surface area (Å²) in [5.74, 6) is 1.76. The van der Waals surface area contributed by atoms with Crippen molar-refractivity contribution in [1.29, 1.82) is 0 Å². The molecule has 7 nitrogen and oxygen atoms in total. The molecule has 3 heterocycles. The van der Waals surface area contributed by atoms with Gasteiger partial charge in [-0.25, -0.2) is 4.99 Å². The fourth-order valence-electron chi connectivity index (χ4n) is 3.55. The van der Waals surface area contributed by atoms with Gasteiger partial charge in [0.05, 0.1) is 25.5 Å². The molecule has 4 rings (SSSR count). The lowest BCUT2D eigenvalue weighted by molar-refractivity contribution is 0.114. The Kier molecular flexibility index (Phi) is 9.41. The monoisotopic (exact) mass is 535 g/mol. The van der Waals surface area contributed by atoms with E-state index >= 15 is 0 Å². The number of rotatable bonds is 9. The van der Waals surface area contributed by atoms with Crippen LogP contribution in [-0.2, 0) is 24.2 Å². The van der Waals surface area contributed by atoms with Crippen LogP contribution < -0.4 is 10.6 Å². The van der Waals surface area contributed by atoms with Crippen LogP contribution in [0.5, 0.6) is 0 Å². The Hall–Kier alpha value is -2.33. The Morgan fingerprint density at radius 1 is 1.13 bits per heavy atom. The zero-order chi connectivity index (χ0) is 20.4. The maximum atomic E-state index is 5.74. The standard InChI is InChI=1S/C23H29N5O2.HI/c1-2-7-20(18-28-13-5-11-27-28)19(6-1)16-25-23(26-17-22-9-4-15-30-22)24-12-10-21-8-3-14-29-21;/h1-3,5-8,11,13-14,22H,4,9-10,12,15-18H2,(H2,24,25,26);1H. The summed E-state index contributed by atoms with van der Waals surface area (Å²) in [5.41, 5.74) is 2.41. The van der Waals surface area contributed by atoms with Crippen LogP contribution >= 0.6 is 24.0 Å². The highest BCUT2D eigenvalue weighted by Gasteiger charge is 2.15. The van der Waals surface area contributed by atoms with E-state index in [4.69, 9.17) is 14.1 Å². The molecule has 1 unspecified atom stereocenters. The molecule has 8 heteroatoms. The first-order valence-corrected chi connectivity index (χ1v) is 10.6. The van der Waals surface area contributed by atoms with Gasteiger partial charge in [-0.05, 0) is 42.2 Å². The van der Waals surface area contributed by atoms with Crippen molar-refractivity contribution in [1.82, 2.24) is 20.4 Å². The SMILES string of the molecule is I.c1coc(CCNC(=NCc2ccccc2Cn2cccn2)NCC2CCCO2)c1. The van der Waals surface area contributed by atoms with Gasteiger partial charge in [0, 0.05) is 38.5 Å². The van der Waals surface area contributed by atoms with E-state index in [1.807, 2.05) is 29.1 Å². The minimum atomic E-state index is 0. The van der Waals surface area contributed by atoms with Crippen LogP contribution in [-0.4, -0.2) is 41.5 Å². The first-order chi connectivity index (χ1) is 14.9. The van der Waals surface area contributed by atoms with Crippen molar-refractivity contribution in [3.8, 4) is 0 Å². The lowest BCUT2D eigenvalue weighted by atomic mass is 10.1. The predicted octanol–water partition coefficient (Wildman–Crippen LogP) is 3.60. The van der Waals surface area contributed by atoms with E-state index in [9.17, 15) is 0 Å². The van der Waals surface area contributed by atoms with Gasteiger partial charge in [0.1, 0.15) is 5.76 Å². The molecular weight excluding hydrogens is 505 g/mol. The van der Waals surface area contributed by atoms with E-state index in [2.05, 4.69) is 40.0 Å². The number of hydrogen-bond acceptors (Lipinski definition) is 4. The molecule has 3 aromatic rings. The van der Waals surface area contributed by atoms with E-state index in [0.29, 0.717) is 6.54 Å². The van der Waals surface area contributed by atoms with Gasteiger partial charge in [-0.2, -0.15) is 5.10 Å². The van der Waals surface area contributed by atoms with Gasteiger partial charge in [0.2, 0.25) is 0 Å². The first kappa shape index (κ1) is 23.3. The largest absolute Gasteiger partial charge is 0.469 e. The number of aromatic nitrogens is 2. The third-order valence-corrected chi connectivity index (χ3v) is 5.18. The third kappa shape index (κ3) is 7.39. The molecule has 166 valence electrons. The molecule has 2 aromatic heterocycles. The fourth-order valence-corrected chi connectivity index (χ4v) is 3.55. The van der Waals surface area contributed by atoms with Crippen LogP contribution in [0.4, 0.5) is 0 Å². The van der Waals surface area contributed by atoms with Gasteiger partial charge in [0.25, 0.3) is 0 Å². The number of aliphatic imine (C=N–C) groups is 1. The molecule has 0 bridgehead atoms. The van der Waals surface area contributed by atoms with Crippen LogP contribution in [0.25, 0.3) is 0 Å².